The summed E-state index contributed by atoms with van der Waals surface area (Å²) in [5.74, 6) is -0.195. The Bertz CT molecular complexity index is 951. The van der Waals surface area contributed by atoms with Crippen LogP contribution in [0, 0.1) is 17.3 Å². The van der Waals surface area contributed by atoms with E-state index in [1.54, 1.807) is 36.5 Å². The Morgan fingerprint density at radius 2 is 2.00 bits per heavy atom. The first-order chi connectivity index (χ1) is 14.0. The number of carbonyl (C=O) groups is 2. The molecule has 0 unspecified atom stereocenters. The molecule has 3 amide bonds. The number of carbonyl (C=O) groups excluding carboxylic acids is 2. The lowest BCUT2D eigenvalue weighted by Gasteiger charge is -2.48. The zero-order chi connectivity index (χ0) is 20.9. The Kier molecular flexibility index (Phi) is 5.98. The molecule has 1 aliphatic rings. The summed E-state index contributed by atoms with van der Waals surface area (Å²) >= 11 is 0. The first-order valence-corrected chi connectivity index (χ1v) is 9.10. The third-order valence-electron chi connectivity index (χ3n) is 5.15. The van der Waals surface area contributed by atoms with Gasteiger partial charge in [-0.1, -0.05) is 24.3 Å². The fraction of sp³-hybridized carbons (Fsp3) is 0.286. The second-order valence-electron chi connectivity index (χ2n) is 6.99. The third-order valence-corrected chi connectivity index (χ3v) is 5.15. The number of methoxy groups -OCH3 is 1. The lowest BCUT2D eigenvalue weighted by atomic mass is 9.61. The Balaban J connectivity index is 1.74. The van der Waals surface area contributed by atoms with Gasteiger partial charge in [0.05, 0.1) is 12.7 Å². The van der Waals surface area contributed by atoms with Crippen LogP contribution in [0.3, 0.4) is 0 Å². The van der Waals surface area contributed by atoms with Crippen molar-refractivity contribution >= 4 is 11.9 Å². The molecule has 1 fully saturated rings. The van der Waals surface area contributed by atoms with Crippen LogP contribution in [0.25, 0.3) is 0 Å². The average molecular weight is 396 g/mol. The predicted octanol–water partition coefficient (Wildman–Crippen LogP) is 2.44. The number of benzene rings is 2. The molecule has 0 aliphatic heterocycles. The van der Waals surface area contributed by atoms with Gasteiger partial charge in [-0.15, -0.1) is 0 Å². The zero-order valence-corrected chi connectivity index (χ0v) is 15.9. The maximum Gasteiger partial charge on any atom is 0.328 e. The number of ether oxygens (including phenoxy) is 1. The molecular formula is C21H21FN4O3. The Labute approximate surface area is 167 Å². The van der Waals surface area contributed by atoms with E-state index in [0.29, 0.717) is 24.2 Å². The molecule has 3 rings (SSSR count). The van der Waals surface area contributed by atoms with Gasteiger partial charge in [0.25, 0.3) is 5.91 Å². The molecule has 0 aromatic heterocycles. The standard InChI is InChI=1S/C21H21FN4O3/c1-29-18-8-3-2-7-17(18)19(27)24-12-21(14-5-4-6-15(22)9-14)10-16(11-21)26-20(28)25-13-23/h2-9,16H,10-12H2,1H3,(H,24,27)(H2,25,26,28). The van der Waals surface area contributed by atoms with Crippen LogP contribution >= 0.6 is 0 Å². The highest BCUT2D eigenvalue weighted by molar-refractivity contribution is 5.97. The van der Waals surface area contributed by atoms with Crippen LogP contribution in [-0.2, 0) is 5.41 Å². The molecule has 29 heavy (non-hydrogen) atoms. The molecule has 0 heterocycles. The van der Waals surface area contributed by atoms with Gasteiger partial charge in [0.2, 0.25) is 0 Å². The molecule has 150 valence electrons. The predicted molar refractivity (Wildman–Crippen MR) is 104 cm³/mol. The van der Waals surface area contributed by atoms with Crippen LogP contribution in [0.1, 0.15) is 28.8 Å². The molecular weight excluding hydrogens is 375 g/mol. The summed E-state index contributed by atoms with van der Waals surface area (Å²) in [5, 5.41) is 16.1. The number of rotatable bonds is 6. The van der Waals surface area contributed by atoms with Crippen molar-refractivity contribution in [2.45, 2.75) is 24.3 Å². The van der Waals surface area contributed by atoms with Crippen molar-refractivity contribution in [3.63, 3.8) is 0 Å². The van der Waals surface area contributed by atoms with Gasteiger partial charge >= 0.3 is 6.03 Å². The first kappa shape index (κ1) is 20.1. The maximum absolute atomic E-state index is 13.8. The van der Waals surface area contributed by atoms with Crippen LogP contribution in [0.4, 0.5) is 9.18 Å². The van der Waals surface area contributed by atoms with E-state index in [1.165, 1.54) is 19.2 Å². The number of nitriles is 1. The first-order valence-electron chi connectivity index (χ1n) is 9.10. The molecule has 3 N–H and O–H groups in total. The van der Waals surface area contributed by atoms with Crippen LogP contribution in [0.5, 0.6) is 5.75 Å². The van der Waals surface area contributed by atoms with Gasteiger partial charge in [-0.2, -0.15) is 5.26 Å². The van der Waals surface area contributed by atoms with E-state index in [2.05, 4.69) is 10.6 Å². The molecule has 7 nitrogen and oxygen atoms in total. The van der Waals surface area contributed by atoms with Crippen molar-refractivity contribution in [2.24, 2.45) is 0 Å². The number of halogens is 1. The van der Waals surface area contributed by atoms with Gasteiger partial charge in [0.1, 0.15) is 11.6 Å². The van der Waals surface area contributed by atoms with E-state index in [0.717, 1.165) is 5.56 Å². The summed E-state index contributed by atoms with van der Waals surface area (Å²) in [6.07, 6.45) is 2.57. The van der Waals surface area contributed by atoms with E-state index in [9.17, 15) is 14.0 Å². The van der Waals surface area contributed by atoms with Gasteiger partial charge in [0, 0.05) is 18.0 Å². The van der Waals surface area contributed by atoms with Crippen LogP contribution < -0.4 is 20.7 Å². The molecule has 0 bridgehead atoms. The van der Waals surface area contributed by atoms with Crippen molar-refractivity contribution in [2.75, 3.05) is 13.7 Å². The van der Waals surface area contributed by atoms with Crippen molar-refractivity contribution in [1.29, 1.82) is 5.26 Å². The molecule has 2 aromatic carbocycles. The Morgan fingerprint density at radius 3 is 2.69 bits per heavy atom. The third kappa shape index (κ3) is 4.46. The molecule has 0 saturated heterocycles. The van der Waals surface area contributed by atoms with Crippen molar-refractivity contribution in [3.05, 3.63) is 65.5 Å². The normalized spacial score (nSPS) is 20.0. The number of urea groups is 1. The number of nitrogens with zero attached hydrogens (tertiary/aromatic N) is 1. The van der Waals surface area contributed by atoms with Crippen LogP contribution in [-0.4, -0.2) is 31.6 Å². The number of hydrogen-bond donors (Lipinski definition) is 3. The minimum Gasteiger partial charge on any atom is -0.496 e. The summed E-state index contributed by atoms with van der Waals surface area (Å²) in [6.45, 7) is 0.269. The molecule has 0 spiro atoms. The summed E-state index contributed by atoms with van der Waals surface area (Å²) in [7, 11) is 1.49. The summed E-state index contributed by atoms with van der Waals surface area (Å²) < 4.78 is 19.0. The lowest BCUT2D eigenvalue weighted by Crippen LogP contribution is -2.58. The molecule has 8 heteroatoms. The van der Waals surface area contributed by atoms with Gasteiger partial charge in [0.15, 0.2) is 6.19 Å². The molecule has 0 radical (unpaired) electrons. The van der Waals surface area contributed by atoms with Crippen LogP contribution in [0.2, 0.25) is 0 Å². The van der Waals surface area contributed by atoms with E-state index in [-0.39, 0.29) is 24.3 Å². The number of hydrogen-bond acceptors (Lipinski definition) is 4. The van der Waals surface area contributed by atoms with E-state index in [1.807, 2.05) is 11.4 Å². The minimum absolute atomic E-state index is 0.185. The van der Waals surface area contributed by atoms with Crippen molar-refractivity contribution < 1.29 is 18.7 Å². The van der Waals surface area contributed by atoms with Gasteiger partial charge in [-0.25, -0.2) is 14.5 Å². The zero-order valence-electron chi connectivity index (χ0n) is 15.9. The second-order valence-corrected chi connectivity index (χ2v) is 6.99. The molecule has 1 saturated carbocycles. The highest BCUT2D eigenvalue weighted by Crippen LogP contribution is 2.43. The smallest absolute Gasteiger partial charge is 0.328 e. The highest BCUT2D eigenvalue weighted by atomic mass is 19.1. The number of para-hydroxylation sites is 1. The fourth-order valence-electron chi connectivity index (χ4n) is 3.74. The summed E-state index contributed by atoms with van der Waals surface area (Å²) in [5.41, 5.74) is 0.632. The number of amides is 3. The van der Waals surface area contributed by atoms with Crippen LogP contribution in [0.15, 0.2) is 48.5 Å². The van der Waals surface area contributed by atoms with Gasteiger partial charge < -0.3 is 15.4 Å². The summed E-state index contributed by atoms with van der Waals surface area (Å²) in [4.78, 5) is 24.3. The molecule has 0 atom stereocenters. The minimum atomic E-state index is -0.580. The summed E-state index contributed by atoms with van der Waals surface area (Å²) in [6, 6.07) is 12.4. The Morgan fingerprint density at radius 1 is 1.24 bits per heavy atom. The van der Waals surface area contributed by atoms with E-state index in [4.69, 9.17) is 10.00 Å². The second kappa shape index (κ2) is 8.61. The molecule has 2 aromatic rings. The monoisotopic (exact) mass is 396 g/mol. The maximum atomic E-state index is 13.8. The topological polar surface area (TPSA) is 103 Å². The lowest BCUT2D eigenvalue weighted by molar-refractivity contribution is 0.0909. The van der Waals surface area contributed by atoms with Gasteiger partial charge in [-0.05, 0) is 42.7 Å². The molecule has 1 aliphatic carbocycles. The van der Waals surface area contributed by atoms with Crippen molar-refractivity contribution in [1.82, 2.24) is 16.0 Å². The SMILES string of the molecule is COc1ccccc1C(=O)NCC1(c2cccc(F)c2)CC(NC(=O)NC#N)C1. The Hall–Kier alpha value is -3.60. The largest absolute Gasteiger partial charge is 0.496 e. The van der Waals surface area contributed by atoms with Crippen molar-refractivity contribution in [3.8, 4) is 11.9 Å². The van der Waals surface area contributed by atoms with E-state index >= 15 is 0 Å². The average Bonchev–Trinajstić information content (AvgIpc) is 2.69. The van der Waals surface area contributed by atoms with E-state index < -0.39 is 11.4 Å². The quantitative estimate of drug-likeness (QED) is 0.515. The fourth-order valence-corrected chi connectivity index (χ4v) is 3.74. The highest BCUT2D eigenvalue weighted by Gasteiger charge is 2.46. The van der Waals surface area contributed by atoms with Gasteiger partial charge in [-0.3, -0.25) is 4.79 Å². The number of nitrogens with one attached hydrogen (secondary N) is 3.